The molecule has 0 fully saturated rings. The van der Waals surface area contributed by atoms with Crippen LogP contribution in [0.25, 0.3) is 0 Å². The fraction of sp³-hybridized carbons (Fsp3) is 0.222. The van der Waals surface area contributed by atoms with Crippen LogP contribution in [0.1, 0.15) is 18.4 Å². The minimum atomic E-state index is -0.0977. The van der Waals surface area contributed by atoms with Crippen molar-refractivity contribution in [2.45, 2.75) is 12.8 Å². The Bertz CT molecular complexity index is 243. The van der Waals surface area contributed by atoms with Crippen LogP contribution in [0.3, 0.4) is 0 Å². The van der Waals surface area contributed by atoms with E-state index in [1.54, 1.807) is 0 Å². The highest BCUT2D eigenvalue weighted by atomic mass is 32.1. The summed E-state index contributed by atoms with van der Waals surface area (Å²) in [7, 11) is 0. The van der Waals surface area contributed by atoms with Crippen molar-refractivity contribution < 1.29 is 4.79 Å². The van der Waals surface area contributed by atoms with E-state index < -0.39 is 0 Å². The van der Waals surface area contributed by atoms with Crippen LogP contribution in [0, 0.1) is 0 Å². The molecule has 0 amide bonds. The van der Waals surface area contributed by atoms with Crippen LogP contribution < -0.4 is 0 Å². The quantitative estimate of drug-likeness (QED) is 0.667. The van der Waals surface area contributed by atoms with Crippen LogP contribution in [0.15, 0.2) is 30.3 Å². The van der Waals surface area contributed by atoms with Crippen molar-refractivity contribution in [1.29, 1.82) is 0 Å². The smallest absolute Gasteiger partial charge is 0.193 e. The maximum Gasteiger partial charge on any atom is 0.193 e. The molecule has 2 heteroatoms. The monoisotopic (exact) mass is 166 g/mol. The van der Waals surface area contributed by atoms with Gasteiger partial charge in [-0.1, -0.05) is 37.3 Å². The average Bonchev–Trinajstić information content (AvgIpc) is 2.05. The lowest BCUT2D eigenvalue weighted by atomic mass is 10.0. The molecule has 0 unspecified atom stereocenters. The minimum Gasteiger partial charge on any atom is -0.287 e. The first-order chi connectivity index (χ1) is 5.22. The van der Waals surface area contributed by atoms with Crippen molar-refractivity contribution in [3.05, 3.63) is 35.9 Å². The van der Waals surface area contributed by atoms with Crippen molar-refractivity contribution in [3.8, 4) is 0 Å². The summed E-state index contributed by atoms with van der Waals surface area (Å²) in [5, 5.41) is -0.0869. The molecule has 1 nitrogen and oxygen atoms in total. The molecular weight excluding hydrogens is 156 g/mol. The van der Waals surface area contributed by atoms with E-state index >= 15 is 0 Å². The van der Waals surface area contributed by atoms with Crippen molar-refractivity contribution in [2.75, 3.05) is 0 Å². The third kappa shape index (κ3) is 2.09. The standard InChI is InChI=1S/C9H10OS/c1-7(9(10)11)8-5-3-2-4-6-8/h2-7H,1H3,(H,10,11)/t7-/m0/s1. The van der Waals surface area contributed by atoms with Crippen molar-refractivity contribution in [2.24, 2.45) is 0 Å². The Balaban J connectivity index is 2.85. The number of rotatable bonds is 2. The second-order valence-electron chi connectivity index (χ2n) is 2.47. The van der Waals surface area contributed by atoms with Gasteiger partial charge in [-0.25, -0.2) is 0 Å². The molecule has 0 aliphatic rings. The van der Waals surface area contributed by atoms with Gasteiger partial charge >= 0.3 is 0 Å². The molecule has 1 rings (SSSR count). The van der Waals surface area contributed by atoms with Gasteiger partial charge in [-0.05, 0) is 5.56 Å². The van der Waals surface area contributed by atoms with E-state index in [4.69, 9.17) is 0 Å². The van der Waals surface area contributed by atoms with Gasteiger partial charge in [-0.2, -0.15) is 0 Å². The zero-order chi connectivity index (χ0) is 8.27. The lowest BCUT2D eigenvalue weighted by Gasteiger charge is -2.05. The van der Waals surface area contributed by atoms with Gasteiger partial charge < -0.3 is 0 Å². The molecule has 0 heterocycles. The fourth-order valence-corrected chi connectivity index (χ4v) is 1.03. The van der Waals surface area contributed by atoms with E-state index in [9.17, 15) is 4.79 Å². The normalized spacial score (nSPS) is 12.5. The van der Waals surface area contributed by atoms with E-state index in [1.807, 2.05) is 37.3 Å². The summed E-state index contributed by atoms with van der Waals surface area (Å²) in [5.74, 6) is -0.0977. The summed E-state index contributed by atoms with van der Waals surface area (Å²) < 4.78 is 0. The lowest BCUT2D eigenvalue weighted by molar-refractivity contribution is -0.111. The van der Waals surface area contributed by atoms with Gasteiger partial charge in [0.2, 0.25) is 0 Å². The van der Waals surface area contributed by atoms with Gasteiger partial charge in [-0.15, -0.1) is 12.6 Å². The Morgan fingerprint density at radius 1 is 1.36 bits per heavy atom. The molecule has 1 aromatic rings. The topological polar surface area (TPSA) is 17.1 Å². The Morgan fingerprint density at radius 3 is 2.36 bits per heavy atom. The van der Waals surface area contributed by atoms with Crippen LogP contribution >= 0.6 is 12.6 Å². The Morgan fingerprint density at radius 2 is 1.91 bits per heavy atom. The van der Waals surface area contributed by atoms with Crippen LogP contribution in [0.4, 0.5) is 0 Å². The molecule has 0 spiro atoms. The van der Waals surface area contributed by atoms with Crippen LogP contribution in [0.2, 0.25) is 0 Å². The first-order valence-electron chi connectivity index (χ1n) is 3.49. The van der Waals surface area contributed by atoms with Crippen molar-refractivity contribution >= 4 is 17.7 Å². The number of carbonyl (C=O) groups is 1. The van der Waals surface area contributed by atoms with E-state index in [2.05, 4.69) is 12.6 Å². The van der Waals surface area contributed by atoms with E-state index in [0.717, 1.165) is 5.56 Å². The molecule has 0 radical (unpaired) electrons. The highest BCUT2D eigenvalue weighted by molar-refractivity contribution is 7.96. The van der Waals surface area contributed by atoms with E-state index in [0.29, 0.717) is 0 Å². The third-order valence-electron chi connectivity index (χ3n) is 1.67. The zero-order valence-corrected chi connectivity index (χ0v) is 7.21. The molecule has 0 aliphatic carbocycles. The van der Waals surface area contributed by atoms with E-state index in [-0.39, 0.29) is 11.0 Å². The molecule has 0 N–H and O–H groups in total. The Labute approximate surface area is 71.8 Å². The van der Waals surface area contributed by atoms with Gasteiger partial charge in [0.25, 0.3) is 0 Å². The molecule has 11 heavy (non-hydrogen) atoms. The van der Waals surface area contributed by atoms with Gasteiger partial charge in [0.1, 0.15) is 0 Å². The van der Waals surface area contributed by atoms with Crippen molar-refractivity contribution in [1.82, 2.24) is 0 Å². The molecule has 1 atom stereocenters. The third-order valence-corrected chi connectivity index (χ3v) is 2.06. The predicted molar refractivity (Wildman–Crippen MR) is 48.9 cm³/mol. The van der Waals surface area contributed by atoms with Crippen molar-refractivity contribution in [3.63, 3.8) is 0 Å². The highest BCUT2D eigenvalue weighted by Gasteiger charge is 2.09. The molecule has 0 saturated carbocycles. The van der Waals surface area contributed by atoms with Gasteiger partial charge in [0.05, 0.1) is 5.92 Å². The average molecular weight is 166 g/mol. The first-order valence-corrected chi connectivity index (χ1v) is 3.94. The molecular formula is C9H10OS. The van der Waals surface area contributed by atoms with Gasteiger partial charge in [0, 0.05) is 0 Å². The van der Waals surface area contributed by atoms with Crippen LogP contribution in [-0.2, 0) is 4.79 Å². The number of benzene rings is 1. The molecule has 0 aromatic heterocycles. The summed E-state index contributed by atoms with van der Waals surface area (Å²) in [4.78, 5) is 10.8. The SMILES string of the molecule is C[C@H](C(=O)S)c1ccccc1. The number of hydrogen-bond acceptors (Lipinski definition) is 1. The summed E-state index contributed by atoms with van der Waals surface area (Å²) in [6.45, 7) is 1.85. The first kappa shape index (κ1) is 8.34. The molecule has 1 aromatic carbocycles. The van der Waals surface area contributed by atoms with Crippen LogP contribution in [0.5, 0.6) is 0 Å². The Kier molecular flexibility index (Phi) is 2.71. The summed E-state index contributed by atoms with van der Waals surface area (Å²) >= 11 is 3.77. The summed E-state index contributed by atoms with van der Waals surface area (Å²) in [6.07, 6.45) is 0. The minimum absolute atomic E-state index is 0.0869. The zero-order valence-electron chi connectivity index (χ0n) is 6.32. The van der Waals surface area contributed by atoms with Crippen LogP contribution in [-0.4, -0.2) is 5.12 Å². The number of hydrogen-bond donors (Lipinski definition) is 1. The highest BCUT2D eigenvalue weighted by Crippen LogP contribution is 2.16. The van der Waals surface area contributed by atoms with Gasteiger partial charge in [0.15, 0.2) is 5.12 Å². The molecule has 58 valence electrons. The predicted octanol–water partition coefficient (Wildman–Crippen LogP) is 2.25. The molecule has 0 saturated heterocycles. The molecule has 0 bridgehead atoms. The second-order valence-corrected chi connectivity index (χ2v) is 2.91. The van der Waals surface area contributed by atoms with E-state index in [1.165, 1.54) is 0 Å². The van der Waals surface area contributed by atoms with Gasteiger partial charge in [-0.3, -0.25) is 4.79 Å². The Hall–Kier alpha value is -0.760. The lowest BCUT2D eigenvalue weighted by Crippen LogP contribution is -2.00. The number of thiol groups is 1. The maximum atomic E-state index is 10.8. The number of carbonyl (C=O) groups excluding carboxylic acids is 1. The largest absolute Gasteiger partial charge is 0.287 e. The summed E-state index contributed by atoms with van der Waals surface area (Å²) in [5.41, 5.74) is 1.02. The maximum absolute atomic E-state index is 10.8. The second kappa shape index (κ2) is 3.58. The summed E-state index contributed by atoms with van der Waals surface area (Å²) in [6, 6.07) is 9.63. The fourth-order valence-electron chi connectivity index (χ4n) is 0.884. The molecule has 0 aliphatic heterocycles.